The normalized spacial score (nSPS) is 11.7. The van der Waals surface area contributed by atoms with E-state index >= 15 is 0 Å². The van der Waals surface area contributed by atoms with Crippen molar-refractivity contribution in [2.75, 3.05) is 0 Å². The molecule has 0 atom stereocenters. The third kappa shape index (κ3) is 2.05. The van der Waals surface area contributed by atoms with Gasteiger partial charge in [0, 0.05) is 11.1 Å². The lowest BCUT2D eigenvalue weighted by atomic mass is 10.1. The fourth-order valence-electron chi connectivity index (χ4n) is 1.33. The summed E-state index contributed by atoms with van der Waals surface area (Å²) in [5.41, 5.74) is 2.20. The number of aromatic nitrogens is 1. The molecule has 1 heterocycles. The van der Waals surface area contributed by atoms with E-state index in [1.807, 2.05) is 37.3 Å². The second kappa shape index (κ2) is 4.23. The monoisotopic (exact) mass is 218 g/mol. The summed E-state index contributed by atoms with van der Waals surface area (Å²) in [6.45, 7) is 1.99. The maximum atomic E-state index is 8.67. The van der Waals surface area contributed by atoms with Gasteiger partial charge >= 0.3 is 0 Å². The van der Waals surface area contributed by atoms with Crippen molar-refractivity contribution in [3.05, 3.63) is 46.9 Å². The van der Waals surface area contributed by atoms with E-state index in [1.54, 1.807) is 6.20 Å². The molecule has 2 rings (SSSR count). The topological polar surface area (TPSA) is 45.5 Å². The average molecular weight is 218 g/mol. The van der Waals surface area contributed by atoms with E-state index < -0.39 is 0 Å². The van der Waals surface area contributed by atoms with Crippen molar-refractivity contribution in [3.8, 4) is 10.4 Å². The third-order valence-corrected chi connectivity index (χ3v) is 3.17. The first-order valence-electron chi connectivity index (χ1n) is 4.51. The molecular formula is C11H10N2OS. The summed E-state index contributed by atoms with van der Waals surface area (Å²) in [4.78, 5) is 5.44. The van der Waals surface area contributed by atoms with Gasteiger partial charge in [-0.15, -0.1) is 0 Å². The Balaban J connectivity index is 2.62. The lowest BCUT2D eigenvalue weighted by Gasteiger charge is -2.02. The van der Waals surface area contributed by atoms with Crippen LogP contribution in [-0.4, -0.2) is 10.2 Å². The van der Waals surface area contributed by atoms with Crippen LogP contribution in [-0.2, 0) is 0 Å². The molecule has 0 aliphatic rings. The van der Waals surface area contributed by atoms with Crippen LogP contribution in [0.15, 0.2) is 41.7 Å². The first-order chi connectivity index (χ1) is 7.31. The summed E-state index contributed by atoms with van der Waals surface area (Å²) in [6, 6.07) is 10.00. The predicted octanol–water partition coefficient (Wildman–Crippen LogP) is 2.41. The van der Waals surface area contributed by atoms with Gasteiger partial charge in [0.1, 0.15) is 0 Å². The zero-order valence-corrected chi connectivity index (χ0v) is 9.03. The summed E-state index contributed by atoms with van der Waals surface area (Å²) in [5, 5.41) is 11.8. The second-order valence-corrected chi connectivity index (χ2v) is 4.10. The van der Waals surface area contributed by atoms with Crippen LogP contribution in [0.2, 0.25) is 0 Å². The predicted molar refractivity (Wildman–Crippen MR) is 59.6 cm³/mol. The molecule has 4 heteroatoms. The molecule has 0 bridgehead atoms. The van der Waals surface area contributed by atoms with Gasteiger partial charge in [0.05, 0.1) is 0 Å². The number of benzene rings is 1. The Kier molecular flexibility index (Phi) is 2.78. The Labute approximate surface area is 91.4 Å². The quantitative estimate of drug-likeness (QED) is 0.590. The van der Waals surface area contributed by atoms with Crippen molar-refractivity contribution in [2.45, 2.75) is 6.92 Å². The lowest BCUT2D eigenvalue weighted by molar-refractivity contribution is 0.301. The molecule has 0 saturated heterocycles. The van der Waals surface area contributed by atoms with Crippen molar-refractivity contribution in [3.63, 3.8) is 0 Å². The molecule has 0 saturated carbocycles. The van der Waals surface area contributed by atoms with Crippen LogP contribution in [0.4, 0.5) is 0 Å². The van der Waals surface area contributed by atoms with Gasteiger partial charge in [-0.25, -0.2) is 4.98 Å². The van der Waals surface area contributed by atoms with Gasteiger partial charge in [-0.05, 0) is 18.1 Å². The van der Waals surface area contributed by atoms with Crippen LogP contribution in [0, 0.1) is 6.92 Å². The van der Waals surface area contributed by atoms with Crippen LogP contribution < -0.4 is 4.80 Å². The minimum atomic E-state index is 0.374. The van der Waals surface area contributed by atoms with Gasteiger partial charge in [-0.3, -0.25) is 0 Å². The highest BCUT2D eigenvalue weighted by molar-refractivity contribution is 7.12. The van der Waals surface area contributed by atoms with Gasteiger partial charge in [0.15, 0.2) is 0 Å². The summed E-state index contributed by atoms with van der Waals surface area (Å²) in [5.74, 6) is 0. The van der Waals surface area contributed by atoms with Crippen molar-refractivity contribution < 1.29 is 5.21 Å². The van der Waals surface area contributed by atoms with E-state index in [0.29, 0.717) is 4.80 Å². The van der Waals surface area contributed by atoms with Crippen LogP contribution >= 0.6 is 11.3 Å². The summed E-state index contributed by atoms with van der Waals surface area (Å²) in [7, 11) is 0. The Morgan fingerprint density at radius 1 is 1.27 bits per heavy atom. The Morgan fingerprint density at radius 3 is 2.67 bits per heavy atom. The zero-order valence-electron chi connectivity index (χ0n) is 8.21. The molecule has 1 N–H and O–H groups in total. The van der Waals surface area contributed by atoms with Crippen LogP contribution in [0.1, 0.15) is 5.56 Å². The smallest absolute Gasteiger partial charge is 0.247 e. The Morgan fingerprint density at radius 2 is 2.00 bits per heavy atom. The number of aryl methyl sites for hydroxylation is 1. The molecule has 1 aromatic heterocycles. The van der Waals surface area contributed by atoms with Gasteiger partial charge in [0.25, 0.3) is 0 Å². The zero-order chi connectivity index (χ0) is 10.7. The number of hydrogen-bond acceptors (Lipinski definition) is 4. The van der Waals surface area contributed by atoms with E-state index in [1.165, 1.54) is 11.3 Å². The molecular weight excluding hydrogens is 208 g/mol. The molecule has 0 spiro atoms. The molecule has 3 nitrogen and oxygen atoms in total. The second-order valence-electron chi connectivity index (χ2n) is 3.12. The summed E-state index contributed by atoms with van der Waals surface area (Å²) < 4.78 is 0. The van der Waals surface area contributed by atoms with Crippen LogP contribution in [0.25, 0.3) is 10.4 Å². The Hall–Kier alpha value is -1.68. The molecule has 0 amide bonds. The summed E-state index contributed by atoms with van der Waals surface area (Å²) in [6.07, 6.45) is 1.72. The molecule has 76 valence electrons. The third-order valence-electron chi connectivity index (χ3n) is 2.04. The molecule has 0 aliphatic heterocycles. The molecule has 0 radical (unpaired) electrons. The van der Waals surface area contributed by atoms with Crippen molar-refractivity contribution in [1.29, 1.82) is 0 Å². The van der Waals surface area contributed by atoms with E-state index in [2.05, 4.69) is 10.1 Å². The van der Waals surface area contributed by atoms with E-state index in [0.717, 1.165) is 16.0 Å². The lowest BCUT2D eigenvalue weighted by Crippen LogP contribution is -2.02. The number of hydrogen-bond donors (Lipinski definition) is 1. The highest BCUT2D eigenvalue weighted by Crippen LogP contribution is 2.23. The van der Waals surface area contributed by atoms with E-state index in [4.69, 9.17) is 5.21 Å². The van der Waals surface area contributed by atoms with Gasteiger partial charge < -0.3 is 5.21 Å². The minimum Gasteiger partial charge on any atom is -0.408 e. The molecule has 0 aliphatic carbocycles. The first kappa shape index (κ1) is 9.86. The van der Waals surface area contributed by atoms with Gasteiger partial charge in [-0.1, -0.05) is 46.8 Å². The van der Waals surface area contributed by atoms with E-state index in [9.17, 15) is 0 Å². The van der Waals surface area contributed by atoms with Gasteiger partial charge in [0.2, 0.25) is 4.80 Å². The Bertz CT molecular complexity index is 520. The highest BCUT2D eigenvalue weighted by atomic mass is 32.1. The van der Waals surface area contributed by atoms with Gasteiger partial charge in [-0.2, -0.15) is 0 Å². The fourth-order valence-corrected chi connectivity index (χ4v) is 2.13. The highest BCUT2D eigenvalue weighted by Gasteiger charge is 2.02. The van der Waals surface area contributed by atoms with Crippen LogP contribution in [0.3, 0.4) is 0 Å². The molecule has 15 heavy (non-hydrogen) atoms. The molecule has 0 fully saturated rings. The SMILES string of the molecule is Cc1cn/c(=N/O)sc1-c1ccccc1. The molecule has 2 aromatic rings. The summed E-state index contributed by atoms with van der Waals surface area (Å²) >= 11 is 1.37. The maximum absolute atomic E-state index is 8.67. The number of nitrogens with zero attached hydrogens (tertiary/aromatic N) is 2. The van der Waals surface area contributed by atoms with Crippen molar-refractivity contribution in [2.24, 2.45) is 5.16 Å². The standard InChI is InChI=1S/C11H10N2OS/c1-8-7-12-11(13-14)15-10(8)9-5-3-2-4-6-9/h2-7,14H,1H3/b13-11-. The average Bonchev–Trinajstić information content (AvgIpc) is 2.31. The minimum absolute atomic E-state index is 0.374. The van der Waals surface area contributed by atoms with Crippen LogP contribution in [0.5, 0.6) is 0 Å². The first-order valence-corrected chi connectivity index (χ1v) is 5.33. The fraction of sp³-hybridized carbons (Fsp3) is 0.0909. The van der Waals surface area contributed by atoms with E-state index in [-0.39, 0.29) is 0 Å². The van der Waals surface area contributed by atoms with Crippen molar-refractivity contribution >= 4 is 11.3 Å². The largest absolute Gasteiger partial charge is 0.408 e. The molecule has 1 aromatic carbocycles. The maximum Gasteiger partial charge on any atom is 0.247 e. The number of rotatable bonds is 1. The molecule has 0 unspecified atom stereocenters. The van der Waals surface area contributed by atoms with Crippen molar-refractivity contribution in [1.82, 2.24) is 4.98 Å².